The number of nitrogens with zero attached hydrogens (tertiary/aromatic N) is 2. The summed E-state index contributed by atoms with van der Waals surface area (Å²) in [6, 6.07) is 12.8. The van der Waals surface area contributed by atoms with Crippen molar-refractivity contribution in [2.45, 2.75) is 49.2 Å². The van der Waals surface area contributed by atoms with E-state index in [9.17, 15) is 13.2 Å². The van der Waals surface area contributed by atoms with Gasteiger partial charge in [-0.1, -0.05) is 39.0 Å². The van der Waals surface area contributed by atoms with Crippen LogP contribution in [0.4, 0.5) is 5.69 Å². The van der Waals surface area contributed by atoms with Gasteiger partial charge < -0.3 is 4.90 Å². The minimum Gasteiger partial charge on any atom is -0.307 e. The second-order valence-corrected chi connectivity index (χ2v) is 10.6. The first-order valence-corrected chi connectivity index (χ1v) is 12.3. The molecule has 0 spiro atoms. The van der Waals surface area contributed by atoms with Gasteiger partial charge in [-0.25, -0.2) is 8.42 Å². The number of rotatable bonds is 5. The average molecular weight is 433 g/mol. The van der Waals surface area contributed by atoms with E-state index in [0.29, 0.717) is 30.4 Å². The molecule has 2 aromatic rings. The van der Waals surface area contributed by atoms with Gasteiger partial charge in [0.15, 0.2) is 0 Å². The number of sulfonamides is 1. The third-order valence-corrected chi connectivity index (χ3v) is 8.55. The summed E-state index contributed by atoms with van der Waals surface area (Å²) in [4.78, 5) is 16.6. The number of hydrogen-bond acceptors (Lipinski definition) is 4. The van der Waals surface area contributed by atoms with E-state index < -0.39 is 10.0 Å². The maximum absolute atomic E-state index is 13.5. The molecule has 0 N–H and O–H groups in total. The Morgan fingerprint density at radius 2 is 1.86 bits per heavy atom. The molecule has 156 valence electrons. The molecule has 1 atom stereocenters. The number of carbonyl (C=O) groups is 1. The lowest BCUT2D eigenvalue weighted by Crippen LogP contribution is -2.33. The van der Waals surface area contributed by atoms with Crippen LogP contribution in [0, 0.1) is 6.92 Å². The van der Waals surface area contributed by atoms with Crippen LogP contribution in [-0.4, -0.2) is 43.5 Å². The summed E-state index contributed by atoms with van der Waals surface area (Å²) < 4.78 is 27.3. The lowest BCUT2D eigenvalue weighted by molar-refractivity contribution is 0.0985. The monoisotopic (exact) mass is 432 g/mol. The number of fused-ring (bicyclic) bond motifs is 1. The third-order valence-electron chi connectivity index (χ3n) is 5.27. The molecule has 29 heavy (non-hydrogen) atoms. The van der Waals surface area contributed by atoms with Crippen LogP contribution in [0.2, 0.25) is 0 Å². The standard InChI is InChI=1S/C22H28N2O3S2/c1-5-23(6-2)29(26,27)18-12-11-16(3)19(15-18)22(25)24-14-13-17(4)28-21-10-8-7-9-20(21)24/h7-12,15,17H,5-6,13-14H2,1-4H3/t17-/m1/s1. The molecule has 7 heteroatoms. The van der Waals surface area contributed by atoms with Gasteiger partial charge in [-0.3, -0.25) is 4.79 Å². The van der Waals surface area contributed by atoms with Gasteiger partial charge >= 0.3 is 0 Å². The van der Waals surface area contributed by atoms with Crippen molar-refractivity contribution in [1.82, 2.24) is 4.31 Å². The summed E-state index contributed by atoms with van der Waals surface area (Å²) in [6.45, 7) is 9.04. The van der Waals surface area contributed by atoms with Gasteiger partial charge in [-0.2, -0.15) is 4.31 Å². The van der Waals surface area contributed by atoms with Gasteiger partial charge in [-0.05, 0) is 43.2 Å². The van der Waals surface area contributed by atoms with Crippen molar-refractivity contribution in [3.63, 3.8) is 0 Å². The van der Waals surface area contributed by atoms with Crippen molar-refractivity contribution in [3.05, 3.63) is 53.6 Å². The van der Waals surface area contributed by atoms with Gasteiger partial charge in [0.2, 0.25) is 10.0 Å². The molecule has 0 bridgehead atoms. The van der Waals surface area contributed by atoms with Crippen LogP contribution in [0.1, 0.15) is 43.1 Å². The van der Waals surface area contributed by atoms with E-state index >= 15 is 0 Å². The Morgan fingerprint density at radius 3 is 2.55 bits per heavy atom. The molecule has 0 aromatic heterocycles. The quantitative estimate of drug-likeness (QED) is 0.695. The number of aryl methyl sites for hydroxylation is 1. The Kier molecular flexibility index (Phi) is 6.71. The van der Waals surface area contributed by atoms with Gasteiger partial charge in [-0.15, -0.1) is 11.8 Å². The first-order chi connectivity index (χ1) is 13.8. The highest BCUT2D eigenvalue weighted by Gasteiger charge is 2.28. The van der Waals surface area contributed by atoms with E-state index in [2.05, 4.69) is 6.92 Å². The number of benzene rings is 2. The second kappa shape index (κ2) is 8.90. The van der Waals surface area contributed by atoms with Crippen LogP contribution in [-0.2, 0) is 10.0 Å². The highest BCUT2D eigenvalue weighted by atomic mass is 32.2. The predicted octanol–water partition coefficient (Wildman–Crippen LogP) is 4.56. The van der Waals surface area contributed by atoms with Crippen molar-refractivity contribution in [2.24, 2.45) is 0 Å². The Morgan fingerprint density at radius 1 is 1.17 bits per heavy atom. The van der Waals surface area contributed by atoms with Crippen molar-refractivity contribution in [2.75, 3.05) is 24.5 Å². The zero-order valence-electron chi connectivity index (χ0n) is 17.4. The molecule has 1 aliphatic heterocycles. The first kappa shape index (κ1) is 21.9. The van der Waals surface area contributed by atoms with Crippen molar-refractivity contribution >= 4 is 33.4 Å². The Labute approximate surface area is 178 Å². The van der Waals surface area contributed by atoms with E-state index in [0.717, 1.165) is 22.6 Å². The van der Waals surface area contributed by atoms with Gasteiger partial charge in [0.25, 0.3) is 5.91 Å². The fraction of sp³-hybridized carbons (Fsp3) is 0.409. The number of hydrogen-bond donors (Lipinski definition) is 0. The first-order valence-electron chi connectivity index (χ1n) is 9.98. The zero-order chi connectivity index (χ0) is 21.2. The fourth-order valence-corrected chi connectivity index (χ4v) is 6.15. The summed E-state index contributed by atoms with van der Waals surface area (Å²) in [5, 5.41) is 0.407. The van der Waals surface area contributed by atoms with E-state index in [1.165, 1.54) is 10.4 Å². The van der Waals surface area contributed by atoms with E-state index in [1.807, 2.05) is 45.0 Å². The van der Waals surface area contributed by atoms with E-state index in [-0.39, 0.29) is 10.8 Å². The number of para-hydroxylation sites is 1. The molecule has 1 amide bonds. The van der Waals surface area contributed by atoms with Crippen LogP contribution < -0.4 is 4.90 Å². The van der Waals surface area contributed by atoms with E-state index in [1.54, 1.807) is 28.8 Å². The molecule has 3 rings (SSSR count). The fourth-order valence-electron chi connectivity index (χ4n) is 3.55. The minimum atomic E-state index is -3.62. The molecule has 0 saturated heterocycles. The van der Waals surface area contributed by atoms with Gasteiger partial charge in [0.1, 0.15) is 0 Å². The van der Waals surface area contributed by atoms with E-state index in [4.69, 9.17) is 0 Å². The molecule has 1 aliphatic rings. The third kappa shape index (κ3) is 4.37. The van der Waals surface area contributed by atoms with Crippen LogP contribution in [0.25, 0.3) is 0 Å². The maximum atomic E-state index is 13.5. The molecule has 0 aliphatic carbocycles. The highest BCUT2D eigenvalue weighted by Crippen LogP contribution is 2.38. The summed E-state index contributed by atoms with van der Waals surface area (Å²) in [5.41, 5.74) is 2.10. The SMILES string of the molecule is CCN(CC)S(=O)(=O)c1ccc(C)c(C(=O)N2CC[C@@H](C)Sc3ccccc32)c1. The molecular weight excluding hydrogens is 404 g/mol. The minimum absolute atomic E-state index is 0.152. The Hall–Kier alpha value is -1.83. The molecule has 0 radical (unpaired) electrons. The van der Waals surface area contributed by atoms with Crippen molar-refractivity contribution < 1.29 is 13.2 Å². The summed E-state index contributed by atoms with van der Waals surface area (Å²) >= 11 is 1.77. The molecule has 0 saturated carbocycles. The molecule has 1 heterocycles. The van der Waals surface area contributed by atoms with Crippen molar-refractivity contribution in [3.8, 4) is 0 Å². The summed E-state index contributed by atoms with van der Waals surface area (Å²) in [7, 11) is -3.62. The number of carbonyl (C=O) groups excluding carboxylic acids is 1. The Bertz CT molecular complexity index is 1000. The largest absolute Gasteiger partial charge is 0.307 e. The van der Waals surface area contributed by atoms with Crippen molar-refractivity contribution in [1.29, 1.82) is 0 Å². The lowest BCUT2D eigenvalue weighted by Gasteiger charge is -2.24. The second-order valence-electron chi connectivity index (χ2n) is 7.21. The number of amides is 1. The molecule has 0 unspecified atom stereocenters. The summed E-state index contributed by atoms with van der Waals surface area (Å²) in [5.74, 6) is -0.152. The smallest absolute Gasteiger partial charge is 0.258 e. The predicted molar refractivity (Wildman–Crippen MR) is 119 cm³/mol. The van der Waals surface area contributed by atoms with Crippen LogP contribution in [0.15, 0.2) is 52.3 Å². The lowest BCUT2D eigenvalue weighted by atomic mass is 10.1. The topological polar surface area (TPSA) is 57.7 Å². The molecule has 5 nitrogen and oxygen atoms in total. The van der Waals surface area contributed by atoms with Gasteiger partial charge in [0.05, 0.1) is 10.6 Å². The molecule has 0 fully saturated rings. The van der Waals surface area contributed by atoms with Crippen LogP contribution in [0.5, 0.6) is 0 Å². The maximum Gasteiger partial charge on any atom is 0.258 e. The highest BCUT2D eigenvalue weighted by molar-refractivity contribution is 8.00. The van der Waals surface area contributed by atoms with Gasteiger partial charge in [0, 0.05) is 35.3 Å². The zero-order valence-corrected chi connectivity index (χ0v) is 19.0. The molecular formula is C22H28N2O3S2. The van der Waals surface area contributed by atoms with Crippen LogP contribution >= 0.6 is 11.8 Å². The average Bonchev–Trinajstić information content (AvgIpc) is 2.86. The Balaban J connectivity index is 2.04. The number of anilines is 1. The summed E-state index contributed by atoms with van der Waals surface area (Å²) in [6.07, 6.45) is 0.877. The normalized spacial score (nSPS) is 17.1. The van der Waals surface area contributed by atoms with Crippen LogP contribution in [0.3, 0.4) is 0 Å². The number of thioether (sulfide) groups is 1. The molecule has 2 aromatic carbocycles.